The van der Waals surface area contributed by atoms with Crippen LogP contribution < -0.4 is 16.8 Å². The number of anilines is 2. The Bertz CT molecular complexity index is 1060. The summed E-state index contributed by atoms with van der Waals surface area (Å²) in [6, 6.07) is 9.06. The van der Waals surface area contributed by atoms with Gasteiger partial charge in [0.25, 0.3) is 5.91 Å². The molecule has 1 aliphatic rings. The van der Waals surface area contributed by atoms with Crippen molar-refractivity contribution in [1.29, 1.82) is 0 Å². The molecular weight excluding hydrogens is 376 g/mol. The predicted octanol–water partition coefficient (Wildman–Crippen LogP) is 3.22. The molecule has 2 heterocycles. The molecule has 1 amide bonds. The summed E-state index contributed by atoms with van der Waals surface area (Å²) in [6.07, 6.45) is 3.69. The highest BCUT2D eigenvalue weighted by molar-refractivity contribution is 6.34. The number of nitrogens with zero attached hydrogens (tertiary/aromatic N) is 3. The SMILES string of the molecule is Cc1nc(N)nc(-c2ccc(C(=O)NC3CC3)c(Cl)c2)c1-c1ccc(N)nc1. The number of aromatic nitrogens is 3. The van der Waals surface area contributed by atoms with Gasteiger partial charge in [-0.25, -0.2) is 15.0 Å². The summed E-state index contributed by atoms with van der Waals surface area (Å²) in [5.41, 5.74) is 15.7. The smallest absolute Gasteiger partial charge is 0.253 e. The maximum Gasteiger partial charge on any atom is 0.253 e. The molecule has 1 fully saturated rings. The quantitative estimate of drug-likeness (QED) is 0.624. The lowest BCUT2D eigenvalue weighted by atomic mass is 9.98. The Hall–Kier alpha value is -3.19. The van der Waals surface area contributed by atoms with E-state index >= 15 is 0 Å². The van der Waals surface area contributed by atoms with Gasteiger partial charge in [0.05, 0.1) is 22.0 Å². The number of carbonyl (C=O) groups is 1. The van der Waals surface area contributed by atoms with Gasteiger partial charge in [0.2, 0.25) is 5.95 Å². The highest BCUT2D eigenvalue weighted by atomic mass is 35.5. The molecule has 3 aromatic rings. The van der Waals surface area contributed by atoms with E-state index in [1.807, 2.05) is 19.1 Å². The van der Waals surface area contributed by atoms with E-state index in [0.717, 1.165) is 29.5 Å². The van der Waals surface area contributed by atoms with Gasteiger partial charge in [-0.15, -0.1) is 0 Å². The van der Waals surface area contributed by atoms with Crippen molar-refractivity contribution < 1.29 is 4.79 Å². The number of halogens is 1. The summed E-state index contributed by atoms with van der Waals surface area (Å²) >= 11 is 6.41. The number of nitrogen functional groups attached to an aromatic ring is 2. The Balaban J connectivity index is 1.79. The minimum atomic E-state index is -0.166. The first-order chi connectivity index (χ1) is 13.4. The van der Waals surface area contributed by atoms with Crippen LogP contribution in [0.3, 0.4) is 0 Å². The van der Waals surface area contributed by atoms with E-state index in [1.165, 1.54) is 0 Å². The topological polar surface area (TPSA) is 120 Å². The number of nitrogens with one attached hydrogen (secondary N) is 1. The average molecular weight is 395 g/mol. The van der Waals surface area contributed by atoms with Crippen LogP contribution in [-0.4, -0.2) is 26.9 Å². The zero-order valence-corrected chi connectivity index (χ0v) is 16.0. The Labute approximate surface area is 167 Å². The van der Waals surface area contributed by atoms with Crippen LogP contribution in [0.25, 0.3) is 22.4 Å². The van der Waals surface area contributed by atoms with E-state index in [4.69, 9.17) is 23.1 Å². The molecule has 7 nitrogen and oxygen atoms in total. The monoisotopic (exact) mass is 394 g/mol. The Morgan fingerprint density at radius 1 is 1.14 bits per heavy atom. The molecule has 0 unspecified atom stereocenters. The van der Waals surface area contributed by atoms with Crippen molar-refractivity contribution in [2.24, 2.45) is 0 Å². The lowest BCUT2D eigenvalue weighted by Gasteiger charge is -2.14. The molecule has 0 atom stereocenters. The third-order valence-corrected chi connectivity index (χ3v) is 4.89. The molecule has 0 spiro atoms. The molecule has 0 bridgehead atoms. The summed E-state index contributed by atoms with van der Waals surface area (Å²) in [7, 11) is 0. The fourth-order valence-electron chi connectivity index (χ4n) is 3.04. The fraction of sp³-hybridized carbons (Fsp3) is 0.200. The maximum atomic E-state index is 12.3. The maximum absolute atomic E-state index is 12.3. The molecule has 142 valence electrons. The number of pyridine rings is 1. The first-order valence-electron chi connectivity index (χ1n) is 8.89. The van der Waals surface area contributed by atoms with E-state index in [0.29, 0.717) is 27.8 Å². The van der Waals surface area contributed by atoms with Gasteiger partial charge < -0.3 is 16.8 Å². The summed E-state index contributed by atoms with van der Waals surface area (Å²) in [5.74, 6) is 0.417. The zero-order chi connectivity index (χ0) is 19.8. The Morgan fingerprint density at radius 2 is 1.89 bits per heavy atom. The van der Waals surface area contributed by atoms with Crippen molar-refractivity contribution in [2.45, 2.75) is 25.8 Å². The van der Waals surface area contributed by atoms with Crippen LogP contribution in [0.15, 0.2) is 36.5 Å². The fourth-order valence-corrected chi connectivity index (χ4v) is 3.31. The van der Waals surface area contributed by atoms with E-state index in [1.54, 1.807) is 24.4 Å². The van der Waals surface area contributed by atoms with Crippen molar-refractivity contribution in [1.82, 2.24) is 20.3 Å². The molecule has 0 aliphatic heterocycles. The van der Waals surface area contributed by atoms with Gasteiger partial charge >= 0.3 is 0 Å². The van der Waals surface area contributed by atoms with Gasteiger partial charge in [0.15, 0.2) is 0 Å². The molecule has 0 saturated heterocycles. The summed E-state index contributed by atoms with van der Waals surface area (Å²) < 4.78 is 0. The molecular formula is C20H19ClN6O. The highest BCUT2D eigenvalue weighted by Crippen LogP contribution is 2.35. The molecule has 1 aromatic carbocycles. The van der Waals surface area contributed by atoms with Crippen LogP contribution in [0.5, 0.6) is 0 Å². The number of rotatable bonds is 4. The van der Waals surface area contributed by atoms with Crippen LogP contribution >= 0.6 is 11.6 Å². The first-order valence-corrected chi connectivity index (χ1v) is 9.27. The second-order valence-electron chi connectivity index (χ2n) is 6.80. The predicted molar refractivity (Wildman–Crippen MR) is 110 cm³/mol. The Kier molecular flexibility index (Phi) is 4.60. The number of benzene rings is 1. The Morgan fingerprint density at radius 3 is 2.54 bits per heavy atom. The third kappa shape index (κ3) is 3.61. The van der Waals surface area contributed by atoms with E-state index in [-0.39, 0.29) is 17.9 Å². The highest BCUT2D eigenvalue weighted by Gasteiger charge is 2.25. The zero-order valence-electron chi connectivity index (χ0n) is 15.2. The number of amides is 1. The summed E-state index contributed by atoms with van der Waals surface area (Å²) in [5, 5.41) is 3.30. The molecule has 1 aliphatic carbocycles. The van der Waals surface area contributed by atoms with Crippen molar-refractivity contribution in [3.05, 3.63) is 52.8 Å². The van der Waals surface area contributed by atoms with Crippen LogP contribution in [0.1, 0.15) is 28.9 Å². The second-order valence-corrected chi connectivity index (χ2v) is 7.21. The van der Waals surface area contributed by atoms with Crippen molar-refractivity contribution >= 4 is 29.3 Å². The van der Waals surface area contributed by atoms with E-state index in [2.05, 4.69) is 20.3 Å². The van der Waals surface area contributed by atoms with Crippen LogP contribution in [0.2, 0.25) is 5.02 Å². The van der Waals surface area contributed by atoms with Crippen LogP contribution in [0, 0.1) is 6.92 Å². The molecule has 1 saturated carbocycles. The van der Waals surface area contributed by atoms with Gasteiger partial charge in [-0.05, 0) is 44.0 Å². The second kappa shape index (κ2) is 7.09. The van der Waals surface area contributed by atoms with E-state index < -0.39 is 0 Å². The number of hydrogen-bond donors (Lipinski definition) is 3. The van der Waals surface area contributed by atoms with Crippen molar-refractivity contribution in [3.63, 3.8) is 0 Å². The summed E-state index contributed by atoms with van der Waals surface area (Å²) in [4.78, 5) is 25.2. The molecule has 0 radical (unpaired) electrons. The largest absolute Gasteiger partial charge is 0.384 e. The average Bonchev–Trinajstić information content (AvgIpc) is 3.46. The number of hydrogen-bond acceptors (Lipinski definition) is 6. The minimum absolute atomic E-state index is 0.159. The number of aryl methyl sites for hydroxylation is 1. The lowest BCUT2D eigenvalue weighted by Crippen LogP contribution is -2.25. The van der Waals surface area contributed by atoms with Gasteiger partial charge in [0.1, 0.15) is 5.82 Å². The van der Waals surface area contributed by atoms with E-state index in [9.17, 15) is 4.79 Å². The van der Waals surface area contributed by atoms with Crippen molar-refractivity contribution in [2.75, 3.05) is 11.5 Å². The van der Waals surface area contributed by atoms with Gasteiger partial charge in [-0.1, -0.05) is 17.7 Å². The number of nitrogens with two attached hydrogens (primary N) is 2. The molecule has 28 heavy (non-hydrogen) atoms. The van der Waals surface area contributed by atoms with Crippen molar-refractivity contribution in [3.8, 4) is 22.4 Å². The molecule has 4 rings (SSSR count). The van der Waals surface area contributed by atoms with Gasteiger partial charge in [-0.3, -0.25) is 4.79 Å². The number of carbonyl (C=O) groups excluding carboxylic acids is 1. The molecule has 2 aromatic heterocycles. The van der Waals surface area contributed by atoms with Crippen LogP contribution in [0.4, 0.5) is 11.8 Å². The molecule has 5 N–H and O–H groups in total. The van der Waals surface area contributed by atoms with Crippen LogP contribution in [-0.2, 0) is 0 Å². The lowest BCUT2D eigenvalue weighted by molar-refractivity contribution is 0.0951. The molecule has 8 heteroatoms. The first kappa shape index (κ1) is 18.2. The standard InChI is InChI=1S/C20H19ClN6O/c1-10-17(12-3-7-16(22)24-9-12)18(27-20(23)25-10)11-2-6-14(15(21)8-11)19(28)26-13-4-5-13/h2-3,6-9,13H,4-5H2,1H3,(H2,22,24)(H,26,28)(H2,23,25,27). The minimum Gasteiger partial charge on any atom is -0.384 e. The summed E-state index contributed by atoms with van der Waals surface area (Å²) in [6.45, 7) is 1.85. The third-order valence-electron chi connectivity index (χ3n) is 4.58. The van der Waals surface area contributed by atoms with Gasteiger partial charge in [0, 0.05) is 28.9 Å². The van der Waals surface area contributed by atoms with Gasteiger partial charge in [-0.2, -0.15) is 0 Å². The normalized spacial score (nSPS) is 13.4.